The summed E-state index contributed by atoms with van der Waals surface area (Å²) in [6.07, 6.45) is 2.27. The summed E-state index contributed by atoms with van der Waals surface area (Å²) in [5.41, 5.74) is 1.21. The van der Waals surface area contributed by atoms with Crippen LogP contribution in [0.25, 0.3) is 0 Å². The number of nitrogens with zero attached hydrogens (tertiary/aromatic N) is 3. The number of amides is 3. The van der Waals surface area contributed by atoms with Crippen LogP contribution in [0.3, 0.4) is 0 Å². The van der Waals surface area contributed by atoms with Gasteiger partial charge in [0.05, 0.1) is 19.3 Å². The molecule has 0 radical (unpaired) electrons. The fourth-order valence-corrected chi connectivity index (χ4v) is 2.40. The summed E-state index contributed by atoms with van der Waals surface area (Å²) in [6, 6.07) is 13.9. The van der Waals surface area contributed by atoms with Crippen molar-refractivity contribution in [3.8, 4) is 0 Å². The number of hydroxylamine groups is 2. The van der Waals surface area contributed by atoms with E-state index in [0.29, 0.717) is 24.3 Å². The molecule has 6 nitrogen and oxygen atoms in total. The van der Waals surface area contributed by atoms with Crippen molar-refractivity contribution >= 4 is 18.1 Å². The first-order valence-electron chi connectivity index (χ1n) is 7.33. The predicted molar refractivity (Wildman–Crippen MR) is 87.0 cm³/mol. The van der Waals surface area contributed by atoms with Crippen molar-refractivity contribution < 1.29 is 14.4 Å². The van der Waals surface area contributed by atoms with Gasteiger partial charge in [-0.2, -0.15) is 5.06 Å². The first kappa shape index (κ1) is 16.8. The lowest BCUT2D eigenvalue weighted by Gasteiger charge is -2.31. The Labute approximate surface area is 135 Å². The molecule has 0 aliphatic heterocycles. The van der Waals surface area contributed by atoms with Crippen LogP contribution in [0.5, 0.6) is 0 Å². The Morgan fingerprint density at radius 3 is 2.43 bits per heavy atom. The fraction of sp³-hybridized carbons (Fsp3) is 0.235. The number of benzene rings is 1. The molecule has 0 aliphatic carbocycles. The number of hydrogen-bond donors (Lipinski definition) is 0. The summed E-state index contributed by atoms with van der Waals surface area (Å²) in [4.78, 5) is 34.4. The Bertz CT molecular complexity index is 645. The van der Waals surface area contributed by atoms with E-state index in [1.54, 1.807) is 49.5 Å². The highest BCUT2D eigenvalue weighted by atomic mass is 16.7. The minimum Gasteiger partial charge on any atom is -0.270 e. The molecule has 120 valence electrons. The van der Waals surface area contributed by atoms with Crippen molar-refractivity contribution in [1.29, 1.82) is 0 Å². The molecule has 6 heteroatoms. The van der Waals surface area contributed by atoms with Crippen LogP contribution in [-0.4, -0.2) is 36.1 Å². The zero-order valence-corrected chi connectivity index (χ0v) is 13.3. The summed E-state index contributed by atoms with van der Waals surface area (Å²) < 4.78 is -0.542. The Morgan fingerprint density at radius 1 is 1.22 bits per heavy atom. The Hall–Kier alpha value is -2.57. The monoisotopic (exact) mass is 314 g/mol. The molecule has 1 aromatic heterocycles. The lowest BCUT2D eigenvalue weighted by atomic mass is 10.2. The summed E-state index contributed by atoms with van der Waals surface area (Å²) in [6.45, 7) is 2.23. The normalized spacial score (nSPS) is 13.1. The number of quaternary nitrogens is 1. The second-order valence-corrected chi connectivity index (χ2v) is 4.95. The quantitative estimate of drug-likeness (QED) is 0.467. The number of imide groups is 1. The topological polar surface area (TPSA) is 59.5 Å². The number of carbonyl (C=O) groups excluding carboxylic acids is 2. The van der Waals surface area contributed by atoms with Gasteiger partial charge in [-0.3, -0.25) is 9.82 Å². The summed E-state index contributed by atoms with van der Waals surface area (Å²) in [5.74, 6) is 0. The molecule has 1 aromatic carbocycles. The molecule has 2 aromatic rings. The average molecular weight is 314 g/mol. The second kappa shape index (κ2) is 7.62. The molecular formula is C17H20N3O3+. The molecule has 0 aliphatic rings. The number of hydrogen-bond acceptors (Lipinski definition) is 4. The molecular weight excluding hydrogens is 294 g/mol. The summed E-state index contributed by atoms with van der Waals surface area (Å²) in [7, 11) is 1.41. The van der Waals surface area contributed by atoms with Crippen LogP contribution < -0.4 is 4.48 Å². The Balaban J connectivity index is 2.53. The predicted octanol–water partition coefficient (Wildman–Crippen LogP) is 2.75. The zero-order chi connectivity index (χ0) is 16.7. The maximum atomic E-state index is 13.0. The number of para-hydroxylation sites is 1. The lowest BCUT2D eigenvalue weighted by Crippen LogP contribution is -2.58. The van der Waals surface area contributed by atoms with Crippen molar-refractivity contribution in [3.05, 3.63) is 60.4 Å². The van der Waals surface area contributed by atoms with Crippen LogP contribution in [0, 0.1) is 0 Å². The number of carbonyl (C=O) groups is 2. The van der Waals surface area contributed by atoms with Crippen molar-refractivity contribution in [2.45, 2.75) is 13.5 Å². The van der Waals surface area contributed by atoms with E-state index in [4.69, 9.17) is 4.84 Å². The van der Waals surface area contributed by atoms with Crippen LogP contribution in [0.2, 0.25) is 0 Å². The maximum Gasteiger partial charge on any atom is 0.455 e. The van der Waals surface area contributed by atoms with Gasteiger partial charge in [0.25, 0.3) is 0 Å². The molecule has 1 atom stereocenters. The molecule has 3 amide bonds. The third-order valence-corrected chi connectivity index (χ3v) is 3.60. The highest BCUT2D eigenvalue weighted by Gasteiger charge is 2.44. The van der Waals surface area contributed by atoms with Gasteiger partial charge in [0.1, 0.15) is 12.2 Å². The lowest BCUT2D eigenvalue weighted by molar-refractivity contribution is -0.122. The molecule has 0 saturated heterocycles. The number of rotatable bonds is 6. The smallest absolute Gasteiger partial charge is 0.270 e. The van der Waals surface area contributed by atoms with E-state index in [9.17, 15) is 9.59 Å². The minimum atomic E-state index is -0.542. The number of urea groups is 1. The van der Waals surface area contributed by atoms with E-state index in [2.05, 4.69) is 4.98 Å². The van der Waals surface area contributed by atoms with Crippen molar-refractivity contribution in [3.63, 3.8) is 0 Å². The van der Waals surface area contributed by atoms with Crippen LogP contribution >= 0.6 is 0 Å². The summed E-state index contributed by atoms with van der Waals surface area (Å²) in [5, 5.41) is 1.17. The number of aromatic nitrogens is 1. The van der Waals surface area contributed by atoms with Gasteiger partial charge in [0.15, 0.2) is 0 Å². The van der Waals surface area contributed by atoms with Gasteiger partial charge in [-0.25, -0.2) is 9.59 Å². The van der Waals surface area contributed by atoms with Crippen LogP contribution in [0.4, 0.5) is 10.5 Å². The number of pyridine rings is 1. The van der Waals surface area contributed by atoms with E-state index in [1.807, 2.05) is 12.1 Å². The van der Waals surface area contributed by atoms with Gasteiger partial charge >= 0.3 is 12.4 Å². The van der Waals surface area contributed by atoms with Crippen LogP contribution in [-0.2, 0) is 16.2 Å². The maximum absolute atomic E-state index is 13.0. The third-order valence-electron chi connectivity index (χ3n) is 3.60. The molecule has 2 rings (SSSR count). The molecule has 1 unspecified atom stereocenters. The highest BCUT2D eigenvalue weighted by Crippen LogP contribution is 2.26. The summed E-state index contributed by atoms with van der Waals surface area (Å²) >= 11 is 0. The van der Waals surface area contributed by atoms with Gasteiger partial charge in [-0.15, -0.1) is 4.48 Å². The van der Waals surface area contributed by atoms with Gasteiger partial charge in [0, 0.05) is 18.3 Å². The van der Waals surface area contributed by atoms with Crippen molar-refractivity contribution in [2.75, 3.05) is 13.7 Å². The SMILES string of the molecule is CCN(OC)C(=O)[N+](C=O)(Cc1ccccn1)c1ccccc1. The van der Waals surface area contributed by atoms with E-state index in [-0.39, 0.29) is 6.54 Å². The van der Waals surface area contributed by atoms with Gasteiger partial charge in [-0.1, -0.05) is 24.3 Å². The molecule has 0 saturated carbocycles. The fourth-order valence-electron chi connectivity index (χ4n) is 2.40. The van der Waals surface area contributed by atoms with E-state index < -0.39 is 10.5 Å². The molecule has 1 heterocycles. The first-order valence-corrected chi connectivity index (χ1v) is 7.33. The second-order valence-electron chi connectivity index (χ2n) is 4.95. The molecule has 23 heavy (non-hydrogen) atoms. The van der Waals surface area contributed by atoms with Gasteiger partial charge in [-0.05, 0) is 19.1 Å². The Morgan fingerprint density at radius 2 is 1.91 bits per heavy atom. The Kier molecular flexibility index (Phi) is 5.56. The van der Waals surface area contributed by atoms with Crippen LogP contribution in [0.15, 0.2) is 54.7 Å². The largest absolute Gasteiger partial charge is 0.455 e. The first-order chi connectivity index (χ1) is 11.2. The zero-order valence-electron chi connectivity index (χ0n) is 13.3. The minimum absolute atomic E-state index is 0.118. The average Bonchev–Trinajstić information content (AvgIpc) is 2.62. The van der Waals surface area contributed by atoms with E-state index in [0.717, 1.165) is 0 Å². The highest BCUT2D eigenvalue weighted by molar-refractivity contribution is 5.99. The molecule has 0 N–H and O–H groups in total. The standard InChI is InChI=1S/C17H20N3O3/c1-3-19(23-2)17(22)20(14-21,16-10-5-4-6-11-16)13-15-9-7-8-12-18-15/h4-12,14H,3,13H2,1-2H3/q+1. The molecule has 0 spiro atoms. The van der Waals surface area contributed by atoms with Gasteiger partial charge < -0.3 is 0 Å². The van der Waals surface area contributed by atoms with Crippen LogP contribution in [0.1, 0.15) is 12.6 Å². The van der Waals surface area contributed by atoms with Crippen molar-refractivity contribution in [1.82, 2.24) is 14.5 Å². The van der Waals surface area contributed by atoms with Crippen molar-refractivity contribution in [2.24, 2.45) is 0 Å². The third kappa shape index (κ3) is 3.44. The van der Waals surface area contributed by atoms with E-state index in [1.165, 1.54) is 12.2 Å². The van der Waals surface area contributed by atoms with Gasteiger partial charge in [0.2, 0.25) is 0 Å². The van der Waals surface area contributed by atoms with E-state index >= 15 is 0 Å². The molecule has 0 bridgehead atoms. The molecule has 0 fully saturated rings.